The summed E-state index contributed by atoms with van der Waals surface area (Å²) in [6.45, 7) is 3.09. The molecule has 2 unspecified atom stereocenters. The average molecular weight is 210 g/mol. The van der Waals surface area contributed by atoms with E-state index in [9.17, 15) is 0 Å². The molecule has 1 fully saturated rings. The summed E-state index contributed by atoms with van der Waals surface area (Å²) in [6, 6.07) is 2.88. The van der Waals surface area contributed by atoms with Gasteiger partial charge in [-0.3, -0.25) is 4.90 Å². The first-order valence-corrected chi connectivity index (χ1v) is 5.63. The standard InChI is InChI=1S/C11H22N4/c1-13-10(7-12)8-15-6-4-5-11(15)9-14(2)3/h10-11,13H,4-6,8-9H2,1-3H3. The van der Waals surface area contributed by atoms with Crippen LogP contribution in [0.1, 0.15) is 12.8 Å². The lowest BCUT2D eigenvalue weighted by Gasteiger charge is -2.28. The molecule has 1 aliphatic heterocycles. The van der Waals surface area contributed by atoms with E-state index in [2.05, 4.69) is 35.3 Å². The molecule has 86 valence electrons. The van der Waals surface area contributed by atoms with Crippen molar-refractivity contribution in [3.05, 3.63) is 0 Å². The van der Waals surface area contributed by atoms with Crippen LogP contribution < -0.4 is 5.32 Å². The van der Waals surface area contributed by atoms with E-state index in [-0.39, 0.29) is 6.04 Å². The van der Waals surface area contributed by atoms with Gasteiger partial charge in [0.25, 0.3) is 0 Å². The molecule has 0 amide bonds. The molecule has 15 heavy (non-hydrogen) atoms. The summed E-state index contributed by atoms with van der Waals surface area (Å²) in [5, 5.41) is 11.9. The Hall–Kier alpha value is -0.630. The van der Waals surface area contributed by atoms with Crippen molar-refractivity contribution >= 4 is 0 Å². The van der Waals surface area contributed by atoms with E-state index < -0.39 is 0 Å². The molecule has 1 saturated heterocycles. The Morgan fingerprint density at radius 1 is 1.60 bits per heavy atom. The highest BCUT2D eigenvalue weighted by Gasteiger charge is 2.26. The summed E-state index contributed by atoms with van der Waals surface area (Å²) in [7, 11) is 6.07. The minimum absolute atomic E-state index is 0.0345. The zero-order valence-electron chi connectivity index (χ0n) is 10.0. The lowest BCUT2D eigenvalue weighted by Crippen LogP contribution is -2.44. The van der Waals surface area contributed by atoms with E-state index in [1.807, 2.05) is 7.05 Å². The van der Waals surface area contributed by atoms with E-state index in [4.69, 9.17) is 5.26 Å². The Labute approximate surface area is 92.8 Å². The van der Waals surface area contributed by atoms with Gasteiger partial charge in [0, 0.05) is 19.1 Å². The van der Waals surface area contributed by atoms with Crippen molar-refractivity contribution in [2.24, 2.45) is 0 Å². The van der Waals surface area contributed by atoms with E-state index >= 15 is 0 Å². The molecule has 0 bridgehead atoms. The second kappa shape index (κ2) is 6.06. The number of hydrogen-bond acceptors (Lipinski definition) is 4. The fourth-order valence-electron chi connectivity index (χ4n) is 2.19. The molecule has 0 spiro atoms. The molecule has 0 aromatic heterocycles. The van der Waals surface area contributed by atoms with Crippen LogP contribution >= 0.6 is 0 Å². The van der Waals surface area contributed by atoms with Gasteiger partial charge in [0.05, 0.1) is 6.07 Å². The van der Waals surface area contributed by atoms with Crippen molar-refractivity contribution in [1.29, 1.82) is 5.26 Å². The molecule has 0 aliphatic carbocycles. The Bertz CT molecular complexity index is 221. The van der Waals surface area contributed by atoms with Crippen LogP contribution in [0.5, 0.6) is 0 Å². The smallest absolute Gasteiger partial charge is 0.108 e. The van der Waals surface area contributed by atoms with Crippen LogP contribution in [0.2, 0.25) is 0 Å². The van der Waals surface area contributed by atoms with Gasteiger partial charge in [0.2, 0.25) is 0 Å². The predicted octanol–water partition coefficient (Wildman–Crippen LogP) is 0.124. The van der Waals surface area contributed by atoms with Gasteiger partial charge in [-0.05, 0) is 40.5 Å². The highest BCUT2D eigenvalue weighted by Crippen LogP contribution is 2.17. The van der Waals surface area contributed by atoms with Crippen molar-refractivity contribution in [2.75, 3.05) is 40.8 Å². The summed E-state index contributed by atoms with van der Waals surface area (Å²) in [5.41, 5.74) is 0. The van der Waals surface area contributed by atoms with Gasteiger partial charge >= 0.3 is 0 Å². The highest BCUT2D eigenvalue weighted by atomic mass is 15.2. The van der Waals surface area contributed by atoms with Crippen LogP contribution in [-0.4, -0.2) is 62.7 Å². The fraction of sp³-hybridized carbons (Fsp3) is 0.909. The number of nitrogens with zero attached hydrogens (tertiary/aromatic N) is 3. The number of likely N-dealkylation sites (tertiary alicyclic amines) is 1. The zero-order valence-corrected chi connectivity index (χ0v) is 10.0. The third kappa shape index (κ3) is 3.78. The lowest BCUT2D eigenvalue weighted by molar-refractivity contribution is 0.200. The van der Waals surface area contributed by atoms with Crippen molar-refractivity contribution < 1.29 is 0 Å². The minimum atomic E-state index is -0.0345. The number of nitriles is 1. The Morgan fingerprint density at radius 3 is 2.87 bits per heavy atom. The minimum Gasteiger partial charge on any atom is -0.308 e. The number of nitrogens with one attached hydrogen (secondary N) is 1. The van der Waals surface area contributed by atoms with Gasteiger partial charge in [0.15, 0.2) is 0 Å². The summed E-state index contributed by atoms with van der Waals surface area (Å²) >= 11 is 0. The first-order valence-electron chi connectivity index (χ1n) is 5.63. The van der Waals surface area contributed by atoms with Gasteiger partial charge in [-0.1, -0.05) is 0 Å². The van der Waals surface area contributed by atoms with Crippen LogP contribution in [0.25, 0.3) is 0 Å². The van der Waals surface area contributed by atoms with Crippen LogP contribution in [0.4, 0.5) is 0 Å². The van der Waals surface area contributed by atoms with Crippen LogP contribution in [0.3, 0.4) is 0 Å². The summed E-state index contributed by atoms with van der Waals surface area (Å²) in [4.78, 5) is 4.66. The molecule has 2 atom stereocenters. The molecule has 1 rings (SSSR count). The van der Waals surface area contributed by atoms with Gasteiger partial charge in [-0.15, -0.1) is 0 Å². The quantitative estimate of drug-likeness (QED) is 0.700. The summed E-state index contributed by atoms with van der Waals surface area (Å²) < 4.78 is 0. The van der Waals surface area contributed by atoms with Crippen LogP contribution in [0, 0.1) is 11.3 Å². The molecule has 0 saturated carbocycles. The molecule has 0 aromatic rings. The monoisotopic (exact) mass is 210 g/mol. The third-order valence-electron chi connectivity index (χ3n) is 3.00. The van der Waals surface area contributed by atoms with Crippen molar-refractivity contribution in [1.82, 2.24) is 15.1 Å². The molecule has 1 heterocycles. The largest absolute Gasteiger partial charge is 0.308 e. The van der Waals surface area contributed by atoms with Crippen LogP contribution in [0.15, 0.2) is 0 Å². The molecule has 4 heteroatoms. The second-order valence-corrected chi connectivity index (χ2v) is 4.52. The second-order valence-electron chi connectivity index (χ2n) is 4.52. The van der Waals surface area contributed by atoms with E-state index in [1.165, 1.54) is 12.8 Å². The van der Waals surface area contributed by atoms with E-state index in [0.717, 1.165) is 19.6 Å². The molecule has 0 radical (unpaired) electrons. The molecule has 4 nitrogen and oxygen atoms in total. The first-order chi connectivity index (χ1) is 7.17. The average Bonchev–Trinajstić information content (AvgIpc) is 2.61. The van der Waals surface area contributed by atoms with Crippen molar-refractivity contribution in [2.45, 2.75) is 24.9 Å². The summed E-state index contributed by atoms with van der Waals surface area (Å²) in [5.74, 6) is 0. The Kier molecular flexibility index (Phi) is 5.03. The Morgan fingerprint density at radius 2 is 2.33 bits per heavy atom. The maximum Gasteiger partial charge on any atom is 0.108 e. The topological polar surface area (TPSA) is 42.3 Å². The zero-order chi connectivity index (χ0) is 11.3. The number of rotatable bonds is 5. The van der Waals surface area contributed by atoms with Crippen LogP contribution in [-0.2, 0) is 0 Å². The van der Waals surface area contributed by atoms with Gasteiger partial charge in [-0.25, -0.2) is 0 Å². The number of hydrogen-bond donors (Lipinski definition) is 1. The Balaban J connectivity index is 2.42. The maximum atomic E-state index is 8.90. The van der Waals surface area contributed by atoms with Crippen molar-refractivity contribution in [3.63, 3.8) is 0 Å². The van der Waals surface area contributed by atoms with Gasteiger partial charge in [-0.2, -0.15) is 5.26 Å². The predicted molar refractivity (Wildman–Crippen MR) is 61.6 cm³/mol. The van der Waals surface area contributed by atoms with Crippen molar-refractivity contribution in [3.8, 4) is 6.07 Å². The SMILES string of the molecule is CNC(C#N)CN1CCCC1CN(C)C. The summed E-state index contributed by atoms with van der Waals surface area (Å²) in [6.07, 6.45) is 2.53. The van der Waals surface area contributed by atoms with E-state index in [1.54, 1.807) is 0 Å². The molecular weight excluding hydrogens is 188 g/mol. The fourth-order valence-corrected chi connectivity index (χ4v) is 2.19. The van der Waals surface area contributed by atoms with Gasteiger partial charge < -0.3 is 10.2 Å². The molecule has 1 N–H and O–H groups in total. The molecule has 0 aromatic carbocycles. The first kappa shape index (κ1) is 12.4. The normalized spacial score (nSPS) is 24.3. The van der Waals surface area contributed by atoms with E-state index in [0.29, 0.717) is 6.04 Å². The third-order valence-corrected chi connectivity index (χ3v) is 3.00. The highest BCUT2D eigenvalue weighted by molar-refractivity contribution is 4.94. The number of likely N-dealkylation sites (N-methyl/N-ethyl adjacent to an activating group) is 2. The molecule has 1 aliphatic rings. The maximum absolute atomic E-state index is 8.90. The lowest BCUT2D eigenvalue weighted by atomic mass is 10.2. The molecular formula is C11H22N4. The van der Waals surface area contributed by atoms with Gasteiger partial charge in [0.1, 0.15) is 6.04 Å².